The van der Waals surface area contributed by atoms with Gasteiger partial charge in [0.25, 0.3) is 11.8 Å². The third-order valence-electron chi connectivity index (χ3n) is 12.0. The van der Waals surface area contributed by atoms with Crippen molar-refractivity contribution in [2.24, 2.45) is 5.92 Å². The van der Waals surface area contributed by atoms with Crippen LogP contribution in [0.2, 0.25) is 18.6 Å². The average Bonchev–Trinajstić information content (AvgIpc) is 3.67. The normalized spacial score (nSPS) is 19.7. The number of nitrogens with zero attached hydrogens (tertiary/aromatic N) is 2. The lowest BCUT2D eigenvalue weighted by atomic mass is 9.82. The molecule has 1 fully saturated rings. The lowest BCUT2D eigenvalue weighted by molar-refractivity contribution is -0.149. The summed E-state index contributed by atoms with van der Waals surface area (Å²) < 4.78 is 22.9. The van der Waals surface area contributed by atoms with E-state index in [0.29, 0.717) is 54.2 Å². The van der Waals surface area contributed by atoms with E-state index in [0.717, 1.165) is 16.5 Å². The molecule has 0 saturated carbocycles. The number of benzene rings is 4. The molecule has 0 bridgehead atoms. The van der Waals surface area contributed by atoms with Crippen LogP contribution in [-0.4, -0.2) is 88.9 Å². The van der Waals surface area contributed by atoms with Gasteiger partial charge in [0.1, 0.15) is 11.5 Å². The summed E-state index contributed by atoms with van der Waals surface area (Å²) in [5.74, 6) is -0.138. The van der Waals surface area contributed by atoms with Gasteiger partial charge in [-0.1, -0.05) is 67.7 Å². The summed E-state index contributed by atoms with van der Waals surface area (Å²) in [4.78, 5) is 58.6. The first-order valence-electron chi connectivity index (χ1n) is 20.1. The van der Waals surface area contributed by atoms with Crippen molar-refractivity contribution in [2.45, 2.75) is 69.5 Å². The van der Waals surface area contributed by atoms with E-state index in [2.05, 4.69) is 30.5 Å². The first-order valence-corrected chi connectivity index (χ1v) is 23.2. The molecule has 0 radical (unpaired) electrons. The zero-order valence-corrected chi connectivity index (χ0v) is 35.7. The third-order valence-corrected chi connectivity index (χ3v) is 16.4. The van der Waals surface area contributed by atoms with E-state index in [-0.39, 0.29) is 55.2 Å². The number of methoxy groups -OCH3 is 3. The fourth-order valence-electron chi connectivity index (χ4n) is 8.92. The molecule has 312 valence electrons. The Bertz CT molecular complexity index is 2110. The molecule has 1 saturated heterocycles. The molecule has 0 unspecified atom stereocenters. The Kier molecular flexibility index (Phi) is 13.6. The first kappa shape index (κ1) is 43.1. The molecule has 1 spiro atoms. The maximum atomic E-state index is 15.3. The van der Waals surface area contributed by atoms with Crippen molar-refractivity contribution >= 4 is 48.3 Å². The number of aliphatic hydroxyl groups is 1. The smallest absolute Gasteiger partial charge is 0.305 e. The lowest BCUT2D eigenvalue weighted by Gasteiger charge is -2.37. The van der Waals surface area contributed by atoms with Gasteiger partial charge >= 0.3 is 5.97 Å². The summed E-state index contributed by atoms with van der Waals surface area (Å²) in [5.41, 5.74) is 1.40. The van der Waals surface area contributed by atoms with Crippen LogP contribution in [0, 0.1) is 5.92 Å². The standard InChI is InChI=1S/C46H55N3O9Si/c1-31-43(59(5,6)37-22-20-36(56-3)21-23-37)40(29-41(51)48(26-27-50)30-32-12-8-7-9-13-32)58-46(31)38-28-34(47-44(53)33-15-18-35(55-2)19-16-33)17-24-39(38)49(45(46)54)25-11-10-14-42(52)57-4/h7-9,12-13,15-24,28,31,40,43,50H,10-11,14,25-27,29-30H2,1-6H3,(H,47,53)/t31-,40+,43-,46+/m1/s1. The number of rotatable bonds is 17. The van der Waals surface area contributed by atoms with E-state index in [1.165, 1.54) is 7.11 Å². The van der Waals surface area contributed by atoms with Crippen LogP contribution in [-0.2, 0) is 36.0 Å². The maximum absolute atomic E-state index is 15.3. The number of hydrogen-bond donors (Lipinski definition) is 2. The Morgan fingerprint density at radius 1 is 0.898 bits per heavy atom. The first-order chi connectivity index (χ1) is 28.4. The number of carbonyl (C=O) groups is 4. The third kappa shape index (κ3) is 8.92. The van der Waals surface area contributed by atoms with E-state index in [9.17, 15) is 19.5 Å². The van der Waals surface area contributed by atoms with E-state index in [1.54, 1.807) is 54.4 Å². The number of fused-ring (bicyclic) bond motifs is 2. The molecule has 2 aliphatic heterocycles. The van der Waals surface area contributed by atoms with E-state index >= 15 is 4.79 Å². The van der Waals surface area contributed by atoms with Crippen molar-refractivity contribution in [1.29, 1.82) is 0 Å². The minimum absolute atomic E-state index is 0.00812. The van der Waals surface area contributed by atoms with Crippen LogP contribution in [0.1, 0.15) is 54.1 Å². The van der Waals surface area contributed by atoms with Gasteiger partial charge in [-0.05, 0) is 78.5 Å². The highest BCUT2D eigenvalue weighted by molar-refractivity contribution is 6.91. The number of ether oxygens (including phenoxy) is 4. The highest BCUT2D eigenvalue weighted by Gasteiger charge is 2.66. The van der Waals surface area contributed by atoms with Crippen molar-refractivity contribution in [3.05, 3.63) is 114 Å². The highest BCUT2D eigenvalue weighted by Crippen LogP contribution is 2.60. The van der Waals surface area contributed by atoms with Crippen molar-refractivity contribution in [2.75, 3.05) is 51.2 Å². The molecule has 3 amide bonds. The number of aliphatic hydroxyl groups excluding tert-OH is 1. The van der Waals surface area contributed by atoms with Crippen LogP contribution in [0.3, 0.4) is 0 Å². The summed E-state index contributed by atoms with van der Waals surface area (Å²) in [6, 6.07) is 29.9. The predicted octanol–water partition coefficient (Wildman–Crippen LogP) is 6.27. The molecule has 0 aliphatic carbocycles. The van der Waals surface area contributed by atoms with Gasteiger partial charge in [0.15, 0.2) is 5.60 Å². The lowest BCUT2D eigenvalue weighted by Crippen LogP contribution is -2.52. The summed E-state index contributed by atoms with van der Waals surface area (Å²) in [6.07, 6.45) is 0.595. The van der Waals surface area contributed by atoms with Crippen molar-refractivity contribution in [3.8, 4) is 11.5 Å². The Morgan fingerprint density at radius 3 is 2.19 bits per heavy atom. The van der Waals surface area contributed by atoms with Crippen LogP contribution < -0.4 is 24.9 Å². The summed E-state index contributed by atoms with van der Waals surface area (Å²) in [6.45, 7) is 7.13. The van der Waals surface area contributed by atoms with Gasteiger partial charge in [-0.3, -0.25) is 19.2 Å². The molecule has 59 heavy (non-hydrogen) atoms. The van der Waals surface area contributed by atoms with Crippen LogP contribution >= 0.6 is 0 Å². The van der Waals surface area contributed by atoms with Gasteiger partial charge in [0.2, 0.25) is 5.91 Å². The summed E-state index contributed by atoms with van der Waals surface area (Å²) in [7, 11) is 1.93. The number of unbranched alkanes of at least 4 members (excludes halogenated alkanes) is 1. The molecule has 6 rings (SSSR count). The SMILES string of the molecule is COC(=O)CCCCN1C(=O)[C@@]2(O[C@@H](CC(=O)N(CCO)Cc3ccccc3)[C@H]([Si](C)(C)c3ccc(OC)cc3)[C@H]2C)c2cc(NC(=O)c3ccc(OC)cc3)ccc21. The molecule has 2 N–H and O–H groups in total. The second-order valence-corrected chi connectivity index (χ2v) is 20.5. The second-order valence-electron chi connectivity index (χ2n) is 15.8. The van der Waals surface area contributed by atoms with Gasteiger partial charge < -0.3 is 39.2 Å². The molecule has 4 aromatic rings. The van der Waals surface area contributed by atoms with Crippen LogP contribution in [0.5, 0.6) is 11.5 Å². The molecule has 2 heterocycles. The fraction of sp³-hybridized carbons (Fsp3) is 0.391. The molecule has 13 heteroatoms. The molecule has 0 aromatic heterocycles. The molecule has 12 nitrogen and oxygen atoms in total. The zero-order valence-electron chi connectivity index (χ0n) is 34.7. The van der Waals surface area contributed by atoms with Crippen LogP contribution in [0.25, 0.3) is 0 Å². The zero-order chi connectivity index (χ0) is 42.3. The van der Waals surface area contributed by atoms with Crippen LogP contribution in [0.4, 0.5) is 11.4 Å². The van der Waals surface area contributed by atoms with Crippen molar-refractivity contribution < 1.29 is 43.2 Å². The van der Waals surface area contributed by atoms with Crippen molar-refractivity contribution in [1.82, 2.24) is 4.90 Å². The minimum Gasteiger partial charge on any atom is -0.497 e. The fourth-order valence-corrected chi connectivity index (χ4v) is 12.9. The largest absolute Gasteiger partial charge is 0.497 e. The number of amides is 3. The highest BCUT2D eigenvalue weighted by atomic mass is 28.3. The van der Waals surface area contributed by atoms with Crippen molar-refractivity contribution in [3.63, 3.8) is 0 Å². The molecule has 4 atom stereocenters. The van der Waals surface area contributed by atoms with Gasteiger partial charge in [0.05, 0.1) is 54.2 Å². The number of nitrogens with one attached hydrogen (secondary N) is 1. The van der Waals surface area contributed by atoms with Gasteiger partial charge in [-0.2, -0.15) is 0 Å². The maximum Gasteiger partial charge on any atom is 0.305 e. The number of carbonyl (C=O) groups excluding carboxylic acids is 4. The van der Waals surface area contributed by atoms with Crippen LogP contribution in [0.15, 0.2) is 97.1 Å². The Morgan fingerprint density at radius 2 is 1.56 bits per heavy atom. The van der Waals surface area contributed by atoms with E-state index in [1.807, 2.05) is 61.5 Å². The number of esters is 1. The topological polar surface area (TPSA) is 144 Å². The Labute approximate surface area is 347 Å². The molecular formula is C46H55N3O9Si. The summed E-state index contributed by atoms with van der Waals surface area (Å²) >= 11 is 0. The number of hydrogen-bond acceptors (Lipinski definition) is 9. The quantitative estimate of drug-likeness (QED) is 0.0716. The summed E-state index contributed by atoms with van der Waals surface area (Å²) in [5, 5.41) is 14.2. The van der Waals surface area contributed by atoms with E-state index < -0.39 is 25.7 Å². The van der Waals surface area contributed by atoms with Gasteiger partial charge in [0, 0.05) is 48.8 Å². The molecule has 4 aromatic carbocycles. The van der Waals surface area contributed by atoms with E-state index in [4.69, 9.17) is 18.9 Å². The van der Waals surface area contributed by atoms with Gasteiger partial charge in [-0.15, -0.1) is 0 Å². The Hall–Kier alpha value is -5.50. The molecular weight excluding hydrogens is 767 g/mol. The minimum atomic E-state index is -2.61. The monoisotopic (exact) mass is 821 g/mol. The predicted molar refractivity (Wildman–Crippen MR) is 229 cm³/mol. The number of anilines is 2. The average molecular weight is 822 g/mol. The Balaban J connectivity index is 1.42. The van der Waals surface area contributed by atoms with Gasteiger partial charge in [-0.25, -0.2) is 0 Å². The second kappa shape index (κ2) is 18.6. The molecule has 2 aliphatic rings.